The number of allylic oxidation sites excluding steroid dienone is 3. The molecule has 3 aromatic rings. The lowest BCUT2D eigenvalue weighted by molar-refractivity contribution is 0.635. The van der Waals surface area contributed by atoms with Crippen molar-refractivity contribution in [3.05, 3.63) is 71.0 Å². The third-order valence-corrected chi connectivity index (χ3v) is 5.93. The van der Waals surface area contributed by atoms with Gasteiger partial charge in [0, 0.05) is 18.8 Å². The lowest BCUT2D eigenvalue weighted by Gasteiger charge is -2.07. The third-order valence-electron chi connectivity index (χ3n) is 4.83. The fraction of sp³-hybridized carbons (Fsp3) is 0.217. The number of aryl methyl sites for hydroxylation is 1. The highest BCUT2D eigenvalue weighted by Crippen LogP contribution is 2.36. The van der Waals surface area contributed by atoms with Crippen LogP contribution in [0.5, 0.6) is 0 Å². The van der Waals surface area contributed by atoms with E-state index in [0.717, 1.165) is 35.7 Å². The van der Waals surface area contributed by atoms with Crippen molar-refractivity contribution < 1.29 is 4.39 Å². The van der Waals surface area contributed by atoms with Gasteiger partial charge in [0.2, 0.25) is 0 Å². The molecule has 1 aromatic carbocycles. The van der Waals surface area contributed by atoms with Gasteiger partial charge in [-0.3, -0.25) is 9.97 Å². The normalized spacial score (nSPS) is 18.7. The number of aliphatic imine (C=N–C) groups is 1. The first kappa shape index (κ1) is 20.9. The molecule has 4 rings (SSSR count). The molecule has 0 saturated carbocycles. The molecule has 3 N–H and O–H groups in total. The Morgan fingerprint density at radius 1 is 1.16 bits per heavy atom. The van der Waals surface area contributed by atoms with Crippen LogP contribution in [0, 0.1) is 12.7 Å². The molecule has 0 spiro atoms. The van der Waals surface area contributed by atoms with Crippen molar-refractivity contribution in [1.82, 2.24) is 20.3 Å². The number of nitrogen functional groups attached to an aromatic ring is 1. The topological polar surface area (TPSA) is 89.1 Å². The number of nitrogens with one attached hydrogen (secondary N) is 1. The summed E-state index contributed by atoms with van der Waals surface area (Å²) in [6.45, 7) is 1.88. The summed E-state index contributed by atoms with van der Waals surface area (Å²) in [6.07, 6.45) is 12.4. The van der Waals surface area contributed by atoms with Crippen molar-refractivity contribution >= 4 is 22.7 Å². The van der Waals surface area contributed by atoms with Crippen LogP contribution in [0.25, 0.3) is 22.0 Å². The Balaban J connectivity index is 1.94. The van der Waals surface area contributed by atoms with Crippen molar-refractivity contribution in [3.63, 3.8) is 0 Å². The number of hydrogen-bond acceptors (Lipinski definition) is 7. The van der Waals surface area contributed by atoms with Gasteiger partial charge in [-0.25, -0.2) is 14.4 Å². The van der Waals surface area contributed by atoms with Crippen molar-refractivity contribution in [2.45, 2.75) is 26.2 Å². The number of aromatic nitrogens is 3. The van der Waals surface area contributed by atoms with E-state index < -0.39 is 5.82 Å². The highest BCUT2D eigenvalue weighted by Gasteiger charge is 2.22. The van der Waals surface area contributed by atoms with Gasteiger partial charge < -0.3 is 11.1 Å². The molecule has 2 aromatic heterocycles. The number of thiazole rings is 1. The highest BCUT2D eigenvalue weighted by molar-refractivity contribution is 7.17. The van der Waals surface area contributed by atoms with Crippen LogP contribution < -0.4 is 11.1 Å². The number of hydrogen-bond donors (Lipinski definition) is 2. The molecule has 0 amide bonds. The summed E-state index contributed by atoms with van der Waals surface area (Å²) in [5, 5.41) is 3.77. The zero-order chi connectivity index (χ0) is 21.8. The molecule has 6 nitrogen and oxygen atoms in total. The fourth-order valence-electron chi connectivity index (χ4n) is 3.19. The average molecular weight is 435 g/mol. The second kappa shape index (κ2) is 9.18. The van der Waals surface area contributed by atoms with Crippen LogP contribution in [0.3, 0.4) is 0 Å². The number of nitrogens with zero attached hydrogens (tertiary/aromatic N) is 4. The van der Waals surface area contributed by atoms with Gasteiger partial charge in [-0.05, 0) is 50.5 Å². The molecule has 0 saturated heterocycles. The van der Waals surface area contributed by atoms with E-state index in [2.05, 4.69) is 27.4 Å². The van der Waals surface area contributed by atoms with Crippen LogP contribution in [0.4, 0.5) is 10.1 Å². The van der Waals surface area contributed by atoms with Crippen molar-refractivity contribution in [1.29, 1.82) is 0 Å². The SMILES string of the molecule is CNC1=C\CCC/C=C/C(c2sc(-c3cnc(C)cn3)nc2-c2cccc(N)c2F)=N\1. The van der Waals surface area contributed by atoms with Gasteiger partial charge >= 0.3 is 0 Å². The van der Waals surface area contributed by atoms with Crippen molar-refractivity contribution in [2.24, 2.45) is 4.99 Å². The lowest BCUT2D eigenvalue weighted by atomic mass is 10.1. The predicted molar refractivity (Wildman–Crippen MR) is 124 cm³/mol. The Bertz CT molecular complexity index is 1180. The van der Waals surface area contributed by atoms with E-state index in [0.29, 0.717) is 27.7 Å². The van der Waals surface area contributed by atoms with E-state index in [1.807, 2.05) is 20.0 Å². The Kier molecular flexibility index (Phi) is 6.18. The first-order chi connectivity index (χ1) is 15.1. The predicted octanol–water partition coefficient (Wildman–Crippen LogP) is 4.89. The molecule has 1 aliphatic rings. The third kappa shape index (κ3) is 4.54. The van der Waals surface area contributed by atoms with Crippen molar-refractivity contribution in [2.75, 3.05) is 12.8 Å². The van der Waals surface area contributed by atoms with Gasteiger partial charge in [0.05, 0.1) is 33.9 Å². The van der Waals surface area contributed by atoms with Gasteiger partial charge in [-0.15, -0.1) is 11.3 Å². The zero-order valence-electron chi connectivity index (χ0n) is 17.4. The van der Waals surface area contributed by atoms with Gasteiger partial charge in [0.15, 0.2) is 5.82 Å². The van der Waals surface area contributed by atoms with Gasteiger partial charge in [0.1, 0.15) is 16.5 Å². The average Bonchev–Trinajstić information content (AvgIpc) is 3.24. The molecule has 158 valence electrons. The number of nitrogens with two attached hydrogens (primary N) is 1. The van der Waals surface area contributed by atoms with E-state index in [4.69, 9.17) is 15.7 Å². The van der Waals surface area contributed by atoms with Gasteiger partial charge in [-0.1, -0.05) is 12.1 Å². The molecule has 0 bridgehead atoms. The van der Waals surface area contributed by atoms with Crippen LogP contribution in [0.15, 0.2) is 59.6 Å². The maximum Gasteiger partial charge on any atom is 0.155 e. The second-order valence-electron chi connectivity index (χ2n) is 7.12. The fourth-order valence-corrected chi connectivity index (χ4v) is 4.20. The largest absolute Gasteiger partial charge is 0.396 e. The summed E-state index contributed by atoms with van der Waals surface area (Å²) in [5.41, 5.74) is 8.91. The molecule has 0 atom stereocenters. The van der Waals surface area contributed by atoms with E-state index in [-0.39, 0.29) is 5.69 Å². The van der Waals surface area contributed by atoms with E-state index >= 15 is 0 Å². The molecule has 8 heteroatoms. The summed E-state index contributed by atoms with van der Waals surface area (Å²) < 4.78 is 15.0. The zero-order valence-corrected chi connectivity index (χ0v) is 18.2. The quantitative estimate of drug-likeness (QED) is 0.571. The number of halogens is 1. The maximum absolute atomic E-state index is 15.0. The minimum absolute atomic E-state index is 0.0795. The van der Waals surface area contributed by atoms with Gasteiger partial charge in [0.25, 0.3) is 0 Å². The van der Waals surface area contributed by atoms with E-state index in [1.165, 1.54) is 17.4 Å². The van der Waals surface area contributed by atoms with Crippen LogP contribution >= 0.6 is 11.3 Å². The Labute approximate surface area is 184 Å². The molecular weight excluding hydrogens is 411 g/mol. The molecular formula is C23H23FN6S. The molecule has 1 aliphatic heterocycles. The monoisotopic (exact) mass is 434 g/mol. The molecule has 0 fully saturated rings. The number of anilines is 1. The molecule has 0 aliphatic carbocycles. The Hall–Kier alpha value is -3.39. The van der Waals surface area contributed by atoms with E-state index in [1.54, 1.807) is 24.5 Å². The Morgan fingerprint density at radius 2 is 2.03 bits per heavy atom. The second-order valence-corrected chi connectivity index (χ2v) is 8.12. The van der Waals surface area contributed by atoms with Crippen LogP contribution in [-0.2, 0) is 0 Å². The highest BCUT2D eigenvalue weighted by atomic mass is 32.1. The summed E-state index contributed by atoms with van der Waals surface area (Å²) >= 11 is 1.41. The van der Waals surface area contributed by atoms with Crippen molar-refractivity contribution in [3.8, 4) is 22.0 Å². The van der Waals surface area contributed by atoms with E-state index in [9.17, 15) is 4.39 Å². The van der Waals surface area contributed by atoms with Gasteiger partial charge in [-0.2, -0.15) is 0 Å². The molecule has 3 heterocycles. The summed E-state index contributed by atoms with van der Waals surface area (Å²) in [6, 6.07) is 4.95. The molecule has 0 radical (unpaired) electrons. The molecule has 0 unspecified atom stereocenters. The number of benzene rings is 1. The first-order valence-electron chi connectivity index (χ1n) is 10.0. The van der Waals surface area contributed by atoms with Crippen LogP contribution in [0.1, 0.15) is 29.8 Å². The summed E-state index contributed by atoms with van der Waals surface area (Å²) in [7, 11) is 1.84. The minimum atomic E-state index is -0.493. The maximum atomic E-state index is 15.0. The summed E-state index contributed by atoms with van der Waals surface area (Å²) in [4.78, 5) is 19.1. The first-order valence-corrected chi connectivity index (χ1v) is 10.9. The number of rotatable bonds is 4. The molecule has 31 heavy (non-hydrogen) atoms. The summed E-state index contributed by atoms with van der Waals surface area (Å²) in [5.74, 6) is 0.276. The smallest absolute Gasteiger partial charge is 0.155 e. The van der Waals surface area contributed by atoms with Crippen LogP contribution in [-0.4, -0.2) is 27.7 Å². The van der Waals surface area contributed by atoms with Crippen LogP contribution in [0.2, 0.25) is 0 Å². The Morgan fingerprint density at radius 3 is 2.81 bits per heavy atom. The minimum Gasteiger partial charge on any atom is -0.396 e. The standard InChI is InChI=1S/C23H23FN6S/c1-14-12-28-18(13-27-14)23-30-21(15-8-7-9-16(25)20(15)24)22(31-23)17-10-5-3-4-6-11-19(26-2)29-17/h5,7-13,26H,3-4,6,25H2,1-2H3/b10-5+,19-11+,29-17+. The lowest BCUT2D eigenvalue weighted by Crippen LogP contribution is -2.07.